The van der Waals surface area contributed by atoms with Gasteiger partial charge in [-0.25, -0.2) is 0 Å². The Labute approximate surface area is 166 Å². The third-order valence-corrected chi connectivity index (χ3v) is 5.34. The van der Waals surface area contributed by atoms with Gasteiger partial charge in [0, 0.05) is 37.6 Å². The first-order chi connectivity index (χ1) is 13.3. The van der Waals surface area contributed by atoms with E-state index in [2.05, 4.69) is 10.6 Å². The summed E-state index contributed by atoms with van der Waals surface area (Å²) in [5.74, 6) is -0.129. The Kier molecular flexibility index (Phi) is 6.03. The first-order valence-corrected chi connectivity index (χ1v) is 9.97. The maximum absolute atomic E-state index is 13.2. The molecule has 1 aromatic carbocycles. The summed E-state index contributed by atoms with van der Waals surface area (Å²) >= 11 is 0. The minimum Gasteiger partial charge on any atom is -0.337 e. The van der Waals surface area contributed by atoms with Crippen molar-refractivity contribution in [2.45, 2.75) is 39.7 Å². The molecule has 0 bridgehead atoms. The number of hydrogen-bond acceptors (Lipinski definition) is 4. The molecule has 7 nitrogen and oxygen atoms in total. The molecule has 2 heterocycles. The second-order valence-electron chi connectivity index (χ2n) is 8.56. The molecule has 2 fully saturated rings. The first-order valence-electron chi connectivity index (χ1n) is 9.97. The van der Waals surface area contributed by atoms with Crippen molar-refractivity contribution in [3.05, 3.63) is 29.8 Å². The van der Waals surface area contributed by atoms with Gasteiger partial charge in [0.2, 0.25) is 11.8 Å². The fourth-order valence-electron chi connectivity index (χ4n) is 3.66. The highest BCUT2D eigenvalue weighted by molar-refractivity contribution is 6.04. The van der Waals surface area contributed by atoms with Crippen molar-refractivity contribution in [2.75, 3.05) is 38.0 Å². The highest BCUT2D eigenvalue weighted by Gasteiger charge is 2.32. The van der Waals surface area contributed by atoms with Crippen molar-refractivity contribution in [2.24, 2.45) is 5.41 Å². The van der Waals surface area contributed by atoms with E-state index in [4.69, 9.17) is 0 Å². The Morgan fingerprint density at radius 1 is 1.18 bits per heavy atom. The van der Waals surface area contributed by atoms with E-state index in [1.54, 1.807) is 18.2 Å². The van der Waals surface area contributed by atoms with Crippen LogP contribution in [-0.2, 0) is 9.59 Å². The van der Waals surface area contributed by atoms with E-state index in [0.29, 0.717) is 37.4 Å². The summed E-state index contributed by atoms with van der Waals surface area (Å²) in [5, 5.41) is 5.98. The number of nitrogens with one attached hydrogen (secondary N) is 2. The van der Waals surface area contributed by atoms with Crippen molar-refractivity contribution in [3.8, 4) is 0 Å². The van der Waals surface area contributed by atoms with Gasteiger partial charge in [-0.05, 0) is 25.0 Å². The molecule has 28 heavy (non-hydrogen) atoms. The molecule has 3 amide bonds. The van der Waals surface area contributed by atoms with E-state index < -0.39 is 5.41 Å². The van der Waals surface area contributed by atoms with Crippen LogP contribution in [0.15, 0.2) is 24.3 Å². The molecule has 3 rings (SSSR count). The lowest BCUT2D eigenvalue weighted by Gasteiger charge is -2.41. The van der Waals surface area contributed by atoms with Gasteiger partial charge in [-0.2, -0.15) is 0 Å². The van der Waals surface area contributed by atoms with Crippen LogP contribution in [0.2, 0.25) is 0 Å². The largest absolute Gasteiger partial charge is 0.337 e. The van der Waals surface area contributed by atoms with Crippen LogP contribution in [0.4, 0.5) is 5.69 Å². The van der Waals surface area contributed by atoms with Gasteiger partial charge in [0.1, 0.15) is 0 Å². The Bertz CT molecular complexity index is 756. The zero-order valence-corrected chi connectivity index (χ0v) is 17.0. The van der Waals surface area contributed by atoms with E-state index in [-0.39, 0.29) is 23.8 Å². The van der Waals surface area contributed by atoms with Gasteiger partial charge in [-0.1, -0.05) is 32.9 Å². The van der Waals surface area contributed by atoms with Gasteiger partial charge in [-0.15, -0.1) is 0 Å². The fraction of sp³-hybridized carbons (Fsp3) is 0.571. The van der Waals surface area contributed by atoms with Crippen molar-refractivity contribution in [1.29, 1.82) is 0 Å². The fourth-order valence-corrected chi connectivity index (χ4v) is 3.66. The molecule has 0 aromatic heterocycles. The van der Waals surface area contributed by atoms with Gasteiger partial charge in [0.05, 0.1) is 17.8 Å². The number of benzene rings is 1. The molecule has 0 saturated carbocycles. The molecule has 2 aliphatic heterocycles. The van der Waals surface area contributed by atoms with E-state index in [0.717, 1.165) is 19.4 Å². The van der Waals surface area contributed by atoms with Gasteiger partial charge >= 0.3 is 0 Å². The molecule has 0 radical (unpaired) electrons. The Morgan fingerprint density at radius 3 is 2.64 bits per heavy atom. The molecule has 0 spiro atoms. The molecule has 2 saturated heterocycles. The normalized spacial score (nSPS) is 20.8. The average Bonchev–Trinajstić information content (AvgIpc) is 2.67. The summed E-state index contributed by atoms with van der Waals surface area (Å²) in [7, 11) is 0. The van der Waals surface area contributed by atoms with Crippen LogP contribution < -0.4 is 10.6 Å². The molecule has 2 N–H and O–H groups in total. The summed E-state index contributed by atoms with van der Waals surface area (Å²) < 4.78 is 0. The monoisotopic (exact) mass is 386 g/mol. The van der Waals surface area contributed by atoms with Crippen LogP contribution >= 0.6 is 0 Å². The Morgan fingerprint density at radius 2 is 1.93 bits per heavy atom. The number of para-hydroxylation sites is 1. The topological polar surface area (TPSA) is 81.8 Å². The van der Waals surface area contributed by atoms with Crippen LogP contribution in [0.3, 0.4) is 0 Å². The van der Waals surface area contributed by atoms with Gasteiger partial charge in [0.15, 0.2) is 0 Å². The number of anilines is 1. The number of rotatable bonds is 3. The second kappa shape index (κ2) is 8.31. The summed E-state index contributed by atoms with van der Waals surface area (Å²) in [4.78, 5) is 41.6. The number of carbonyl (C=O) groups excluding carboxylic acids is 3. The Balaban J connectivity index is 1.75. The molecule has 0 aliphatic carbocycles. The van der Waals surface area contributed by atoms with Gasteiger partial charge in [0.25, 0.3) is 5.91 Å². The number of piperazine rings is 1. The summed E-state index contributed by atoms with van der Waals surface area (Å²) in [6.07, 6.45) is 1.78. The molecular formula is C21H30N4O3. The molecule has 2 aliphatic rings. The molecule has 7 heteroatoms. The van der Waals surface area contributed by atoms with E-state index >= 15 is 0 Å². The molecule has 1 unspecified atom stereocenters. The smallest absolute Gasteiger partial charge is 0.256 e. The summed E-state index contributed by atoms with van der Waals surface area (Å²) in [6, 6.07) is 7.19. The standard InChI is InChI=1S/C21H30N4O3/c1-21(2,3)20(28)23-17-9-5-4-8-16(17)19(27)24-11-6-7-15(14-24)25-12-10-22-13-18(25)26/h4-5,8-9,15,22H,6-7,10-14H2,1-3H3,(H,23,28). The Hall–Kier alpha value is -2.41. The van der Waals surface area contributed by atoms with Crippen LogP contribution in [0.5, 0.6) is 0 Å². The molecule has 1 aromatic rings. The zero-order chi connectivity index (χ0) is 20.3. The van der Waals surface area contributed by atoms with Crippen molar-refractivity contribution in [1.82, 2.24) is 15.1 Å². The quantitative estimate of drug-likeness (QED) is 0.829. The van der Waals surface area contributed by atoms with E-state index in [1.165, 1.54) is 0 Å². The third kappa shape index (κ3) is 4.52. The lowest BCUT2D eigenvalue weighted by atomic mass is 9.95. The number of carbonyl (C=O) groups is 3. The highest BCUT2D eigenvalue weighted by Crippen LogP contribution is 2.24. The maximum Gasteiger partial charge on any atom is 0.256 e. The van der Waals surface area contributed by atoms with Crippen molar-refractivity contribution < 1.29 is 14.4 Å². The summed E-state index contributed by atoms with van der Waals surface area (Å²) in [6.45, 7) is 8.56. The van der Waals surface area contributed by atoms with Crippen molar-refractivity contribution >= 4 is 23.4 Å². The highest BCUT2D eigenvalue weighted by atomic mass is 16.2. The van der Waals surface area contributed by atoms with E-state index in [9.17, 15) is 14.4 Å². The number of piperidine rings is 1. The predicted molar refractivity (Wildman–Crippen MR) is 108 cm³/mol. The number of nitrogens with zero attached hydrogens (tertiary/aromatic N) is 2. The number of amides is 3. The summed E-state index contributed by atoms with van der Waals surface area (Å²) in [5.41, 5.74) is 0.481. The van der Waals surface area contributed by atoms with E-state index in [1.807, 2.05) is 36.6 Å². The first kappa shape index (κ1) is 20.3. The maximum atomic E-state index is 13.2. The van der Waals surface area contributed by atoms with Gasteiger partial charge in [-0.3, -0.25) is 14.4 Å². The van der Waals surface area contributed by atoms with Gasteiger partial charge < -0.3 is 20.4 Å². The lowest BCUT2D eigenvalue weighted by molar-refractivity contribution is -0.135. The predicted octanol–water partition coefficient (Wildman–Crippen LogP) is 1.71. The van der Waals surface area contributed by atoms with Crippen LogP contribution in [0.1, 0.15) is 44.0 Å². The SMILES string of the molecule is CC(C)(C)C(=O)Nc1ccccc1C(=O)N1CCCC(N2CCNCC2=O)C1. The average molecular weight is 386 g/mol. The second-order valence-corrected chi connectivity index (χ2v) is 8.56. The minimum atomic E-state index is -0.547. The zero-order valence-electron chi connectivity index (χ0n) is 17.0. The number of hydrogen-bond donors (Lipinski definition) is 2. The van der Waals surface area contributed by atoms with Crippen LogP contribution in [0.25, 0.3) is 0 Å². The van der Waals surface area contributed by atoms with Crippen LogP contribution in [-0.4, -0.2) is 66.3 Å². The third-order valence-electron chi connectivity index (χ3n) is 5.34. The van der Waals surface area contributed by atoms with Crippen molar-refractivity contribution in [3.63, 3.8) is 0 Å². The number of likely N-dealkylation sites (tertiary alicyclic amines) is 1. The molecular weight excluding hydrogens is 356 g/mol. The lowest BCUT2D eigenvalue weighted by Crippen LogP contribution is -2.57. The minimum absolute atomic E-state index is 0.0589. The molecule has 152 valence electrons. The molecule has 1 atom stereocenters. The van der Waals surface area contributed by atoms with Crippen LogP contribution in [0, 0.1) is 5.41 Å².